The Morgan fingerprint density at radius 2 is 2.04 bits per heavy atom. The van der Waals surface area contributed by atoms with Crippen molar-refractivity contribution in [2.75, 3.05) is 20.2 Å². The van der Waals surface area contributed by atoms with Crippen LogP contribution < -0.4 is 4.74 Å². The van der Waals surface area contributed by atoms with E-state index in [1.807, 2.05) is 12.1 Å². The molecule has 0 aromatic heterocycles. The number of ether oxygens (including phenoxy) is 1. The summed E-state index contributed by atoms with van der Waals surface area (Å²) in [6, 6.07) is 14.0. The summed E-state index contributed by atoms with van der Waals surface area (Å²) in [5.74, 6) is 0.853. The fourth-order valence-electron chi connectivity index (χ4n) is 2.80. The van der Waals surface area contributed by atoms with E-state index in [0.29, 0.717) is 24.8 Å². The first-order valence-electron chi connectivity index (χ1n) is 7.93. The second-order valence-corrected chi connectivity index (χ2v) is 6.98. The van der Waals surface area contributed by atoms with Gasteiger partial charge in [0.05, 0.1) is 6.54 Å². The number of carbonyl (C=O) groups excluding carboxylic acids is 1. The van der Waals surface area contributed by atoms with Crippen LogP contribution in [0.25, 0.3) is 0 Å². The number of hydrogen-bond donors (Lipinski definition) is 0. The normalized spacial score (nSPS) is 19.0. The van der Waals surface area contributed by atoms with Crippen molar-refractivity contribution >= 4 is 21.8 Å². The van der Waals surface area contributed by atoms with Gasteiger partial charge >= 0.3 is 0 Å². The molecule has 2 aromatic carbocycles. The highest BCUT2D eigenvalue weighted by Gasteiger charge is 2.45. The van der Waals surface area contributed by atoms with Gasteiger partial charge in [-0.2, -0.15) is 0 Å². The third-order valence-corrected chi connectivity index (χ3v) is 4.76. The minimum atomic E-state index is -0.290. The molecule has 0 radical (unpaired) electrons. The van der Waals surface area contributed by atoms with Gasteiger partial charge in [-0.1, -0.05) is 28.1 Å². The van der Waals surface area contributed by atoms with Crippen molar-refractivity contribution in [3.05, 3.63) is 64.4 Å². The Kier molecular flexibility index (Phi) is 5.19. The average Bonchev–Trinajstić information content (AvgIpc) is 3.36. The highest BCUT2D eigenvalue weighted by Crippen LogP contribution is 2.48. The molecule has 5 heteroatoms. The quantitative estimate of drug-likeness (QED) is 0.737. The van der Waals surface area contributed by atoms with Gasteiger partial charge in [-0.3, -0.25) is 4.79 Å². The summed E-state index contributed by atoms with van der Waals surface area (Å²) in [5, 5.41) is 0. The number of carbonyl (C=O) groups is 1. The predicted octanol–water partition coefficient (Wildman–Crippen LogP) is 4.23. The Labute approximate surface area is 149 Å². The molecule has 0 spiro atoms. The molecule has 126 valence electrons. The lowest BCUT2D eigenvalue weighted by Gasteiger charge is -2.17. The van der Waals surface area contributed by atoms with E-state index in [4.69, 9.17) is 4.74 Å². The van der Waals surface area contributed by atoms with Crippen molar-refractivity contribution in [2.45, 2.75) is 12.3 Å². The zero-order chi connectivity index (χ0) is 17.1. The number of benzene rings is 2. The predicted molar refractivity (Wildman–Crippen MR) is 94.5 cm³/mol. The van der Waals surface area contributed by atoms with Gasteiger partial charge in [0.2, 0.25) is 5.91 Å². The van der Waals surface area contributed by atoms with Crippen molar-refractivity contribution in [2.24, 2.45) is 5.92 Å². The monoisotopic (exact) mass is 391 g/mol. The van der Waals surface area contributed by atoms with Crippen LogP contribution in [0.4, 0.5) is 4.39 Å². The van der Waals surface area contributed by atoms with Crippen LogP contribution in [0.2, 0.25) is 0 Å². The van der Waals surface area contributed by atoms with Gasteiger partial charge < -0.3 is 9.64 Å². The topological polar surface area (TPSA) is 29.5 Å². The lowest BCUT2D eigenvalue weighted by molar-refractivity contribution is -0.131. The van der Waals surface area contributed by atoms with E-state index in [1.165, 1.54) is 17.7 Å². The van der Waals surface area contributed by atoms with Crippen LogP contribution in [0.5, 0.6) is 5.75 Å². The minimum Gasteiger partial charge on any atom is -0.492 e. The van der Waals surface area contributed by atoms with Crippen LogP contribution in [-0.2, 0) is 4.79 Å². The SMILES string of the molecule is CN(CCOc1ccc(F)cc1)C(=O)C1CC1c1cccc(Br)c1. The Balaban J connectivity index is 1.46. The molecule has 2 atom stereocenters. The average molecular weight is 392 g/mol. The number of nitrogens with zero attached hydrogens (tertiary/aromatic N) is 1. The van der Waals surface area contributed by atoms with Crippen LogP contribution in [0, 0.1) is 11.7 Å². The first-order chi connectivity index (χ1) is 11.5. The van der Waals surface area contributed by atoms with Gasteiger partial charge in [-0.25, -0.2) is 4.39 Å². The Morgan fingerprint density at radius 3 is 2.75 bits per heavy atom. The maximum Gasteiger partial charge on any atom is 0.226 e. The molecule has 0 aliphatic heterocycles. The van der Waals surface area contributed by atoms with Crippen LogP contribution in [-0.4, -0.2) is 31.0 Å². The van der Waals surface area contributed by atoms with Crippen LogP contribution in [0.15, 0.2) is 53.0 Å². The summed E-state index contributed by atoms with van der Waals surface area (Å²) in [7, 11) is 1.80. The van der Waals surface area contributed by atoms with Crippen LogP contribution in [0.1, 0.15) is 17.9 Å². The fraction of sp³-hybridized carbons (Fsp3) is 0.316. The zero-order valence-corrected chi connectivity index (χ0v) is 15.0. The molecule has 2 aromatic rings. The van der Waals surface area contributed by atoms with Gasteiger partial charge in [-0.15, -0.1) is 0 Å². The highest BCUT2D eigenvalue weighted by atomic mass is 79.9. The largest absolute Gasteiger partial charge is 0.492 e. The third kappa shape index (κ3) is 4.15. The van der Waals surface area contributed by atoms with Gasteiger partial charge in [0.25, 0.3) is 0 Å². The third-order valence-electron chi connectivity index (χ3n) is 4.27. The van der Waals surface area contributed by atoms with E-state index >= 15 is 0 Å². The lowest BCUT2D eigenvalue weighted by Crippen LogP contribution is -2.32. The first-order valence-corrected chi connectivity index (χ1v) is 8.72. The number of likely N-dealkylation sites (N-methyl/N-ethyl adjacent to an activating group) is 1. The summed E-state index contributed by atoms with van der Waals surface area (Å²) in [5.41, 5.74) is 1.21. The van der Waals surface area contributed by atoms with Gasteiger partial charge in [-0.05, 0) is 54.3 Å². The summed E-state index contributed by atoms with van der Waals surface area (Å²) >= 11 is 3.47. The molecule has 2 unspecified atom stereocenters. The molecule has 1 fully saturated rings. The Morgan fingerprint density at radius 1 is 1.29 bits per heavy atom. The molecular weight excluding hydrogens is 373 g/mol. The number of amides is 1. The fourth-order valence-corrected chi connectivity index (χ4v) is 3.22. The molecule has 0 bridgehead atoms. The van der Waals surface area contributed by atoms with E-state index in [-0.39, 0.29) is 17.6 Å². The second-order valence-electron chi connectivity index (χ2n) is 6.07. The second kappa shape index (κ2) is 7.34. The van der Waals surface area contributed by atoms with Crippen molar-refractivity contribution in [3.63, 3.8) is 0 Å². The van der Waals surface area contributed by atoms with Crippen LogP contribution in [0.3, 0.4) is 0 Å². The molecule has 1 aliphatic carbocycles. The van der Waals surface area contributed by atoms with Crippen molar-refractivity contribution in [3.8, 4) is 5.75 Å². The lowest BCUT2D eigenvalue weighted by atomic mass is 10.1. The van der Waals surface area contributed by atoms with E-state index in [1.54, 1.807) is 24.1 Å². The van der Waals surface area contributed by atoms with E-state index in [0.717, 1.165) is 10.9 Å². The minimum absolute atomic E-state index is 0.0649. The maximum atomic E-state index is 12.8. The van der Waals surface area contributed by atoms with Gasteiger partial charge in [0.1, 0.15) is 18.2 Å². The molecule has 1 aliphatic rings. The van der Waals surface area contributed by atoms with Gasteiger partial charge in [0.15, 0.2) is 0 Å². The Bertz CT molecular complexity index is 720. The van der Waals surface area contributed by atoms with E-state index in [9.17, 15) is 9.18 Å². The summed E-state index contributed by atoms with van der Waals surface area (Å²) in [4.78, 5) is 14.2. The molecule has 0 heterocycles. The van der Waals surface area contributed by atoms with E-state index in [2.05, 4.69) is 28.1 Å². The number of rotatable bonds is 6. The first kappa shape index (κ1) is 17.0. The Hall–Kier alpha value is -1.88. The molecule has 24 heavy (non-hydrogen) atoms. The maximum absolute atomic E-state index is 12.8. The summed E-state index contributed by atoms with van der Waals surface area (Å²) in [6.07, 6.45) is 0.901. The molecule has 1 saturated carbocycles. The van der Waals surface area contributed by atoms with Crippen molar-refractivity contribution < 1.29 is 13.9 Å². The van der Waals surface area contributed by atoms with Crippen molar-refractivity contribution in [1.29, 1.82) is 0 Å². The van der Waals surface area contributed by atoms with E-state index < -0.39 is 0 Å². The zero-order valence-electron chi connectivity index (χ0n) is 13.4. The molecule has 0 saturated heterocycles. The number of halogens is 2. The summed E-state index contributed by atoms with van der Waals surface area (Å²) in [6.45, 7) is 0.903. The van der Waals surface area contributed by atoms with Gasteiger partial charge in [0, 0.05) is 17.4 Å². The molecule has 3 rings (SSSR count). The molecular formula is C19H19BrFNO2. The summed E-state index contributed by atoms with van der Waals surface area (Å²) < 4.78 is 19.4. The standard InChI is InChI=1S/C19H19BrFNO2/c1-22(9-10-24-16-7-5-15(21)6-8-16)19(23)18-12-17(18)13-3-2-4-14(20)11-13/h2-8,11,17-18H,9-10,12H2,1H3. The molecule has 3 nitrogen and oxygen atoms in total. The highest BCUT2D eigenvalue weighted by molar-refractivity contribution is 9.10. The molecule has 0 N–H and O–H groups in total. The molecule has 1 amide bonds. The van der Waals surface area contributed by atoms with Crippen LogP contribution >= 0.6 is 15.9 Å². The number of hydrogen-bond acceptors (Lipinski definition) is 2. The smallest absolute Gasteiger partial charge is 0.226 e. The van der Waals surface area contributed by atoms with Crippen molar-refractivity contribution in [1.82, 2.24) is 4.90 Å².